The van der Waals surface area contributed by atoms with Gasteiger partial charge in [-0.15, -0.1) is 0 Å². The van der Waals surface area contributed by atoms with E-state index < -0.39 is 0 Å². The van der Waals surface area contributed by atoms with E-state index in [4.69, 9.17) is 0 Å². The van der Waals surface area contributed by atoms with E-state index in [1.807, 2.05) is 37.3 Å². The first-order valence-corrected chi connectivity index (χ1v) is 7.85. The fourth-order valence-corrected chi connectivity index (χ4v) is 3.02. The van der Waals surface area contributed by atoms with Gasteiger partial charge in [0.2, 0.25) is 0 Å². The third kappa shape index (κ3) is 3.14. The second-order valence-corrected chi connectivity index (χ2v) is 6.17. The summed E-state index contributed by atoms with van der Waals surface area (Å²) in [7, 11) is 0. The molecule has 3 rings (SSSR count). The smallest absolute Gasteiger partial charge is 0.319 e. The topological polar surface area (TPSA) is 41.1 Å². The number of carbonyl (C=O) groups excluding carboxylic acids is 1. The number of aryl methyl sites for hydroxylation is 1. The Hall–Kier alpha value is -2.29. The molecule has 1 aliphatic rings. The van der Waals surface area contributed by atoms with E-state index in [-0.39, 0.29) is 11.4 Å². The monoisotopic (exact) mass is 294 g/mol. The molecule has 0 spiro atoms. The van der Waals surface area contributed by atoms with Gasteiger partial charge in [0.15, 0.2) is 0 Å². The van der Waals surface area contributed by atoms with Gasteiger partial charge in [-0.05, 0) is 37.5 Å². The second kappa shape index (κ2) is 6.22. The predicted molar refractivity (Wildman–Crippen MR) is 90.2 cm³/mol. The molecule has 2 aromatic carbocycles. The van der Waals surface area contributed by atoms with Gasteiger partial charge in [0.25, 0.3) is 0 Å². The summed E-state index contributed by atoms with van der Waals surface area (Å²) < 4.78 is 0. The molecule has 22 heavy (non-hydrogen) atoms. The molecule has 0 heterocycles. The van der Waals surface area contributed by atoms with Crippen LogP contribution in [0.15, 0.2) is 54.6 Å². The number of anilines is 1. The zero-order valence-corrected chi connectivity index (χ0v) is 12.9. The molecule has 2 N–H and O–H groups in total. The van der Waals surface area contributed by atoms with E-state index in [9.17, 15) is 4.79 Å². The maximum absolute atomic E-state index is 12.1. The average molecular weight is 294 g/mol. The van der Waals surface area contributed by atoms with E-state index in [0.29, 0.717) is 6.54 Å². The average Bonchev–Trinajstić information content (AvgIpc) is 2.50. The van der Waals surface area contributed by atoms with Crippen LogP contribution in [0.25, 0.3) is 0 Å². The van der Waals surface area contributed by atoms with Crippen LogP contribution in [0.3, 0.4) is 0 Å². The van der Waals surface area contributed by atoms with E-state index in [0.717, 1.165) is 18.5 Å². The van der Waals surface area contributed by atoms with Gasteiger partial charge in [-0.25, -0.2) is 4.79 Å². The van der Waals surface area contributed by atoms with Gasteiger partial charge in [0.05, 0.1) is 0 Å². The Kier molecular flexibility index (Phi) is 4.14. The van der Waals surface area contributed by atoms with Gasteiger partial charge in [-0.3, -0.25) is 0 Å². The Morgan fingerprint density at radius 1 is 1.05 bits per heavy atom. The largest absolute Gasteiger partial charge is 0.337 e. The molecule has 0 unspecified atom stereocenters. The van der Waals surface area contributed by atoms with Crippen molar-refractivity contribution in [3.05, 3.63) is 65.7 Å². The molecule has 1 aliphatic carbocycles. The zero-order chi connectivity index (χ0) is 15.4. The fraction of sp³-hybridized carbons (Fsp3) is 0.316. The molecule has 0 bridgehead atoms. The molecular formula is C19H22N2O. The Morgan fingerprint density at radius 3 is 2.32 bits per heavy atom. The molecule has 0 aromatic heterocycles. The standard InChI is InChI=1S/C19H22N2O/c1-15-8-10-17(11-9-15)21-18(22)20-14-19(12-5-13-19)16-6-3-2-4-7-16/h2-4,6-11H,5,12-14H2,1H3,(H2,20,21,22). The molecule has 2 aromatic rings. The van der Waals surface area contributed by atoms with Gasteiger partial charge in [-0.1, -0.05) is 54.4 Å². The van der Waals surface area contributed by atoms with Crippen molar-refractivity contribution in [2.24, 2.45) is 0 Å². The highest BCUT2D eigenvalue weighted by molar-refractivity contribution is 5.89. The van der Waals surface area contributed by atoms with Gasteiger partial charge >= 0.3 is 6.03 Å². The van der Waals surface area contributed by atoms with Crippen LogP contribution in [0.5, 0.6) is 0 Å². The number of rotatable bonds is 4. The van der Waals surface area contributed by atoms with Crippen LogP contribution in [0.2, 0.25) is 0 Å². The van der Waals surface area contributed by atoms with Crippen LogP contribution in [-0.2, 0) is 5.41 Å². The molecule has 114 valence electrons. The van der Waals surface area contributed by atoms with Crippen molar-refractivity contribution in [2.45, 2.75) is 31.6 Å². The first kappa shape index (κ1) is 14.6. The van der Waals surface area contributed by atoms with Crippen LogP contribution < -0.4 is 10.6 Å². The zero-order valence-electron chi connectivity index (χ0n) is 12.9. The number of carbonyl (C=O) groups is 1. The highest BCUT2D eigenvalue weighted by Gasteiger charge is 2.38. The van der Waals surface area contributed by atoms with Crippen molar-refractivity contribution >= 4 is 11.7 Å². The summed E-state index contributed by atoms with van der Waals surface area (Å²) in [6, 6.07) is 18.2. The normalized spacial score (nSPS) is 15.7. The fourth-order valence-electron chi connectivity index (χ4n) is 3.02. The maximum Gasteiger partial charge on any atom is 0.319 e. The van der Waals surface area contributed by atoms with Crippen molar-refractivity contribution in [3.63, 3.8) is 0 Å². The Bertz CT molecular complexity index is 630. The predicted octanol–water partition coefficient (Wildman–Crippen LogP) is 4.24. The van der Waals surface area contributed by atoms with Crippen molar-refractivity contribution in [3.8, 4) is 0 Å². The number of hydrogen-bond acceptors (Lipinski definition) is 1. The summed E-state index contributed by atoms with van der Waals surface area (Å²) in [5, 5.41) is 5.93. The number of benzene rings is 2. The molecule has 0 atom stereocenters. The van der Waals surface area contributed by atoms with Gasteiger partial charge in [-0.2, -0.15) is 0 Å². The lowest BCUT2D eigenvalue weighted by Crippen LogP contribution is -2.46. The van der Waals surface area contributed by atoms with Crippen LogP contribution in [-0.4, -0.2) is 12.6 Å². The second-order valence-electron chi connectivity index (χ2n) is 6.17. The highest BCUT2D eigenvalue weighted by Crippen LogP contribution is 2.43. The molecule has 2 amide bonds. The lowest BCUT2D eigenvalue weighted by molar-refractivity contribution is 0.222. The van der Waals surface area contributed by atoms with Crippen molar-refractivity contribution in [1.82, 2.24) is 5.32 Å². The summed E-state index contributed by atoms with van der Waals surface area (Å²) in [6.45, 7) is 2.72. The number of amides is 2. The summed E-state index contributed by atoms with van der Waals surface area (Å²) in [4.78, 5) is 12.1. The lowest BCUT2D eigenvalue weighted by Gasteiger charge is -2.42. The highest BCUT2D eigenvalue weighted by atomic mass is 16.2. The molecule has 0 saturated heterocycles. The van der Waals surface area contributed by atoms with E-state index in [2.05, 4.69) is 34.9 Å². The number of urea groups is 1. The Morgan fingerprint density at radius 2 is 1.73 bits per heavy atom. The summed E-state index contributed by atoms with van der Waals surface area (Å²) >= 11 is 0. The maximum atomic E-state index is 12.1. The molecule has 0 radical (unpaired) electrons. The van der Waals surface area contributed by atoms with E-state index >= 15 is 0 Å². The van der Waals surface area contributed by atoms with Crippen LogP contribution >= 0.6 is 0 Å². The SMILES string of the molecule is Cc1ccc(NC(=O)NCC2(c3ccccc3)CCC2)cc1. The van der Waals surface area contributed by atoms with Crippen molar-refractivity contribution in [2.75, 3.05) is 11.9 Å². The van der Waals surface area contributed by atoms with Gasteiger partial charge in [0.1, 0.15) is 0 Å². The van der Waals surface area contributed by atoms with Crippen molar-refractivity contribution in [1.29, 1.82) is 0 Å². The van der Waals surface area contributed by atoms with E-state index in [1.165, 1.54) is 17.5 Å². The van der Waals surface area contributed by atoms with Crippen LogP contribution in [0.1, 0.15) is 30.4 Å². The van der Waals surface area contributed by atoms with E-state index in [1.54, 1.807) is 0 Å². The number of nitrogens with one attached hydrogen (secondary N) is 2. The Balaban J connectivity index is 1.59. The molecule has 3 nitrogen and oxygen atoms in total. The molecular weight excluding hydrogens is 272 g/mol. The third-order valence-corrected chi connectivity index (χ3v) is 4.59. The minimum Gasteiger partial charge on any atom is -0.337 e. The first-order chi connectivity index (χ1) is 10.7. The van der Waals surface area contributed by atoms with Crippen LogP contribution in [0.4, 0.5) is 10.5 Å². The molecule has 1 saturated carbocycles. The summed E-state index contributed by atoms with van der Waals surface area (Å²) in [6.07, 6.45) is 3.51. The van der Waals surface area contributed by atoms with Crippen molar-refractivity contribution < 1.29 is 4.79 Å². The summed E-state index contributed by atoms with van der Waals surface area (Å²) in [5.41, 5.74) is 3.46. The molecule has 1 fully saturated rings. The minimum atomic E-state index is -0.133. The molecule has 3 heteroatoms. The Labute approximate surface area is 131 Å². The summed E-state index contributed by atoms with van der Waals surface area (Å²) in [5.74, 6) is 0. The lowest BCUT2D eigenvalue weighted by atomic mass is 9.64. The quantitative estimate of drug-likeness (QED) is 0.870. The number of hydrogen-bond donors (Lipinski definition) is 2. The van der Waals surface area contributed by atoms with Gasteiger partial charge in [0, 0.05) is 17.6 Å². The third-order valence-electron chi connectivity index (χ3n) is 4.59. The minimum absolute atomic E-state index is 0.117. The molecule has 0 aliphatic heterocycles. The van der Waals surface area contributed by atoms with Gasteiger partial charge < -0.3 is 10.6 Å². The van der Waals surface area contributed by atoms with Crippen LogP contribution in [0, 0.1) is 6.92 Å². The first-order valence-electron chi connectivity index (χ1n) is 7.85.